The highest BCUT2D eigenvalue weighted by Gasteiger charge is 2.16. The summed E-state index contributed by atoms with van der Waals surface area (Å²) in [6.45, 7) is 0.825. The second-order valence-corrected chi connectivity index (χ2v) is 5.10. The Bertz CT molecular complexity index is 574. The van der Waals surface area contributed by atoms with Crippen molar-refractivity contribution in [2.24, 2.45) is 0 Å². The molecule has 6 heteroatoms. The molecule has 0 spiro atoms. The molecule has 6 nitrogen and oxygen atoms in total. The quantitative estimate of drug-likeness (QED) is 0.914. The van der Waals surface area contributed by atoms with Gasteiger partial charge >= 0.3 is 0 Å². The van der Waals surface area contributed by atoms with Gasteiger partial charge in [0.25, 0.3) is 0 Å². The van der Waals surface area contributed by atoms with Gasteiger partial charge in [0, 0.05) is 25.4 Å². The molecule has 0 bridgehead atoms. The summed E-state index contributed by atoms with van der Waals surface area (Å²) >= 11 is 0. The maximum Gasteiger partial charge on any atom is 0.224 e. The first-order valence-corrected chi connectivity index (χ1v) is 7.17. The van der Waals surface area contributed by atoms with Crippen molar-refractivity contribution in [1.29, 1.82) is 0 Å². The summed E-state index contributed by atoms with van der Waals surface area (Å²) < 4.78 is 7.32. The van der Waals surface area contributed by atoms with Gasteiger partial charge in [-0.05, 0) is 31.4 Å². The third-order valence-corrected chi connectivity index (χ3v) is 3.52. The molecule has 0 saturated carbocycles. The first-order chi connectivity index (χ1) is 10.3. The Morgan fingerprint density at radius 3 is 3.10 bits per heavy atom. The summed E-state index contributed by atoms with van der Waals surface area (Å²) in [4.78, 5) is 20.1. The van der Waals surface area contributed by atoms with Gasteiger partial charge in [-0.1, -0.05) is 0 Å². The van der Waals surface area contributed by atoms with Crippen LogP contribution >= 0.6 is 0 Å². The zero-order chi connectivity index (χ0) is 14.5. The number of carbonyl (C=O) groups excluding carboxylic acids is 1. The van der Waals surface area contributed by atoms with Gasteiger partial charge in [-0.2, -0.15) is 0 Å². The fraction of sp³-hybridized carbons (Fsp3) is 0.400. The number of aromatic nitrogens is 3. The fourth-order valence-corrected chi connectivity index (χ4v) is 2.39. The maximum absolute atomic E-state index is 11.9. The van der Waals surface area contributed by atoms with Crippen LogP contribution in [-0.2, 0) is 9.53 Å². The number of rotatable bonds is 5. The molecule has 3 rings (SSSR count). The van der Waals surface area contributed by atoms with Gasteiger partial charge in [0.15, 0.2) is 0 Å². The summed E-state index contributed by atoms with van der Waals surface area (Å²) in [5.41, 5.74) is 0.705. The Morgan fingerprint density at radius 2 is 2.43 bits per heavy atom. The minimum Gasteiger partial charge on any atom is -0.378 e. The van der Waals surface area contributed by atoms with Crippen LogP contribution < -0.4 is 5.32 Å². The molecular formula is C15H18N4O2. The number of nitrogens with one attached hydrogen (secondary N) is 1. The van der Waals surface area contributed by atoms with E-state index in [2.05, 4.69) is 15.3 Å². The highest BCUT2D eigenvalue weighted by molar-refractivity contribution is 5.90. The largest absolute Gasteiger partial charge is 0.378 e. The van der Waals surface area contributed by atoms with Crippen LogP contribution in [0.15, 0.2) is 37.1 Å². The third-order valence-electron chi connectivity index (χ3n) is 3.52. The highest BCUT2D eigenvalue weighted by atomic mass is 16.5. The number of ether oxygens (including phenoxy) is 1. The van der Waals surface area contributed by atoms with Crippen molar-refractivity contribution in [1.82, 2.24) is 14.5 Å². The molecule has 1 N–H and O–H groups in total. The second kappa shape index (κ2) is 6.49. The van der Waals surface area contributed by atoms with Gasteiger partial charge in [0.1, 0.15) is 12.1 Å². The van der Waals surface area contributed by atoms with E-state index in [1.165, 1.54) is 0 Å². The molecule has 0 aliphatic carbocycles. The number of hydrogen-bond donors (Lipinski definition) is 1. The molecule has 0 radical (unpaired) electrons. The molecule has 1 aliphatic heterocycles. The summed E-state index contributed by atoms with van der Waals surface area (Å²) in [5, 5.41) is 2.86. The molecule has 1 fully saturated rings. The van der Waals surface area contributed by atoms with E-state index >= 15 is 0 Å². The minimum absolute atomic E-state index is 0.00248. The van der Waals surface area contributed by atoms with Gasteiger partial charge in [0.05, 0.1) is 18.0 Å². The van der Waals surface area contributed by atoms with Gasteiger partial charge in [-0.15, -0.1) is 0 Å². The minimum atomic E-state index is 0.00248. The van der Waals surface area contributed by atoms with E-state index in [-0.39, 0.29) is 12.0 Å². The van der Waals surface area contributed by atoms with Gasteiger partial charge in [-0.3, -0.25) is 9.36 Å². The van der Waals surface area contributed by atoms with Crippen LogP contribution in [0.5, 0.6) is 0 Å². The van der Waals surface area contributed by atoms with Gasteiger partial charge in [0.2, 0.25) is 5.91 Å². The summed E-state index contributed by atoms with van der Waals surface area (Å²) in [6, 6.07) is 3.68. The predicted molar refractivity (Wildman–Crippen MR) is 78.2 cm³/mol. The lowest BCUT2D eigenvalue weighted by Crippen LogP contribution is -2.15. The molecule has 110 valence electrons. The van der Waals surface area contributed by atoms with E-state index in [0.717, 1.165) is 31.7 Å². The van der Waals surface area contributed by atoms with Crippen molar-refractivity contribution in [2.45, 2.75) is 31.8 Å². The molecule has 2 aromatic rings. The van der Waals surface area contributed by atoms with E-state index in [4.69, 9.17) is 4.74 Å². The van der Waals surface area contributed by atoms with E-state index in [9.17, 15) is 4.79 Å². The lowest BCUT2D eigenvalue weighted by atomic mass is 10.1. The van der Waals surface area contributed by atoms with Crippen molar-refractivity contribution in [2.75, 3.05) is 11.9 Å². The molecule has 1 amide bonds. The fourth-order valence-electron chi connectivity index (χ4n) is 2.39. The molecule has 21 heavy (non-hydrogen) atoms. The number of imidazole rings is 1. The molecule has 1 atom stereocenters. The van der Waals surface area contributed by atoms with Crippen molar-refractivity contribution >= 4 is 11.6 Å². The Hall–Kier alpha value is -2.21. The SMILES string of the molecule is O=C(CCC1CCCO1)Nc1ccc(-n2ccnc2)nc1. The molecule has 3 heterocycles. The number of anilines is 1. The Labute approximate surface area is 123 Å². The second-order valence-electron chi connectivity index (χ2n) is 5.10. The normalized spacial score (nSPS) is 17.8. The molecule has 2 aromatic heterocycles. The van der Waals surface area contributed by atoms with Crippen molar-refractivity contribution in [3.05, 3.63) is 37.1 Å². The summed E-state index contributed by atoms with van der Waals surface area (Å²) in [7, 11) is 0. The first-order valence-electron chi connectivity index (χ1n) is 7.17. The van der Waals surface area contributed by atoms with Gasteiger partial charge < -0.3 is 10.1 Å². The van der Waals surface area contributed by atoms with Crippen LogP contribution in [0.2, 0.25) is 0 Å². The average Bonchev–Trinajstić information content (AvgIpc) is 3.19. The Morgan fingerprint density at radius 1 is 1.48 bits per heavy atom. The summed E-state index contributed by atoms with van der Waals surface area (Å²) in [6.07, 6.45) is 10.5. The van der Waals surface area contributed by atoms with Crippen LogP contribution in [-0.4, -0.2) is 33.2 Å². The summed E-state index contributed by atoms with van der Waals surface area (Å²) in [5.74, 6) is 0.771. The number of nitrogens with zero attached hydrogens (tertiary/aromatic N) is 3. The number of amides is 1. The van der Waals surface area contributed by atoms with Crippen LogP contribution in [0.4, 0.5) is 5.69 Å². The lowest BCUT2D eigenvalue weighted by Gasteiger charge is -2.09. The molecular weight excluding hydrogens is 268 g/mol. The standard InChI is InChI=1S/C15H18N4O2/c20-15(6-4-13-2-1-9-21-13)18-12-3-5-14(17-10-12)19-8-7-16-11-19/h3,5,7-8,10-11,13H,1-2,4,6,9H2,(H,18,20). The first kappa shape index (κ1) is 13.8. The predicted octanol–water partition coefficient (Wildman–Crippen LogP) is 2.17. The average molecular weight is 286 g/mol. The molecule has 1 aliphatic rings. The van der Waals surface area contributed by atoms with Crippen molar-refractivity contribution in [3.63, 3.8) is 0 Å². The Balaban J connectivity index is 1.51. The van der Waals surface area contributed by atoms with Crippen LogP contribution in [0, 0.1) is 0 Å². The topological polar surface area (TPSA) is 69.0 Å². The third kappa shape index (κ3) is 3.66. The number of pyridine rings is 1. The smallest absolute Gasteiger partial charge is 0.224 e. The van der Waals surface area contributed by atoms with E-state index in [0.29, 0.717) is 12.1 Å². The maximum atomic E-state index is 11.9. The van der Waals surface area contributed by atoms with E-state index < -0.39 is 0 Å². The van der Waals surface area contributed by atoms with E-state index in [1.807, 2.05) is 22.9 Å². The monoisotopic (exact) mass is 286 g/mol. The molecule has 1 saturated heterocycles. The zero-order valence-electron chi connectivity index (χ0n) is 11.7. The Kier molecular flexibility index (Phi) is 4.25. The van der Waals surface area contributed by atoms with Crippen LogP contribution in [0.25, 0.3) is 5.82 Å². The van der Waals surface area contributed by atoms with Gasteiger partial charge in [-0.25, -0.2) is 9.97 Å². The zero-order valence-corrected chi connectivity index (χ0v) is 11.7. The molecule has 1 unspecified atom stereocenters. The van der Waals surface area contributed by atoms with Crippen LogP contribution in [0.1, 0.15) is 25.7 Å². The number of hydrogen-bond acceptors (Lipinski definition) is 4. The van der Waals surface area contributed by atoms with Crippen molar-refractivity contribution < 1.29 is 9.53 Å². The van der Waals surface area contributed by atoms with Crippen molar-refractivity contribution in [3.8, 4) is 5.82 Å². The number of carbonyl (C=O) groups is 1. The van der Waals surface area contributed by atoms with E-state index in [1.54, 1.807) is 18.7 Å². The molecule has 0 aromatic carbocycles. The lowest BCUT2D eigenvalue weighted by molar-refractivity contribution is -0.116. The van der Waals surface area contributed by atoms with Crippen LogP contribution in [0.3, 0.4) is 0 Å². The highest BCUT2D eigenvalue weighted by Crippen LogP contribution is 2.17.